The predicted molar refractivity (Wildman–Crippen MR) is 147 cm³/mol. The molecule has 0 saturated heterocycles. The van der Waals surface area contributed by atoms with Crippen LogP contribution in [0.3, 0.4) is 0 Å². The summed E-state index contributed by atoms with van der Waals surface area (Å²) in [6.07, 6.45) is 1.66. The molecule has 0 aliphatic rings. The maximum atomic E-state index is 13.2. The highest BCUT2D eigenvalue weighted by atomic mass is 16.5. The van der Waals surface area contributed by atoms with Crippen LogP contribution in [0.5, 0.6) is 5.88 Å². The summed E-state index contributed by atoms with van der Waals surface area (Å²) < 4.78 is 5.75. The predicted octanol–water partition coefficient (Wildman–Crippen LogP) is -0.192. The average Bonchev–Trinajstić information content (AvgIpc) is 2.97. The minimum Gasteiger partial charge on any atom is -0.476 e. The largest absolute Gasteiger partial charge is 0.476 e. The van der Waals surface area contributed by atoms with Gasteiger partial charge in [-0.1, -0.05) is 42.5 Å². The van der Waals surface area contributed by atoms with Gasteiger partial charge in [-0.15, -0.1) is 0 Å². The van der Waals surface area contributed by atoms with Gasteiger partial charge >= 0.3 is 0 Å². The van der Waals surface area contributed by atoms with Crippen LogP contribution in [0.1, 0.15) is 5.56 Å². The van der Waals surface area contributed by atoms with E-state index < -0.39 is 37.0 Å². The number of aromatic nitrogens is 2. The van der Waals surface area contributed by atoms with E-state index >= 15 is 0 Å². The smallest absolute Gasteiger partial charge is 0.239 e. The van der Waals surface area contributed by atoms with Gasteiger partial charge in [0, 0.05) is 25.4 Å². The number of pyridine rings is 2. The zero-order chi connectivity index (χ0) is 28.7. The topological polar surface area (TPSA) is 171 Å². The van der Waals surface area contributed by atoms with E-state index in [1.807, 2.05) is 42.5 Å². The number of nitrogens with zero attached hydrogens (tertiary/aromatic N) is 4. The zero-order valence-corrected chi connectivity index (χ0v) is 22.1. The second kappa shape index (κ2) is 15.9. The number of rotatable bonds is 16. The third kappa shape index (κ3) is 9.73. The third-order valence-electron chi connectivity index (χ3n) is 5.88. The van der Waals surface area contributed by atoms with Crippen molar-refractivity contribution in [2.75, 3.05) is 46.0 Å². The minimum absolute atomic E-state index is 0.0836. The van der Waals surface area contributed by atoms with Crippen LogP contribution >= 0.6 is 0 Å². The normalized spacial score (nSPS) is 10.9. The highest BCUT2D eigenvalue weighted by Gasteiger charge is 2.27. The van der Waals surface area contributed by atoms with Gasteiger partial charge in [0.25, 0.3) is 0 Å². The van der Waals surface area contributed by atoms with Crippen LogP contribution in [0.15, 0.2) is 72.9 Å². The van der Waals surface area contributed by atoms with Gasteiger partial charge in [0.1, 0.15) is 13.2 Å². The molecule has 0 saturated carbocycles. The van der Waals surface area contributed by atoms with Gasteiger partial charge in [0.2, 0.25) is 23.6 Å². The summed E-state index contributed by atoms with van der Waals surface area (Å²) in [7, 11) is 0. The first kappa shape index (κ1) is 30.2. The second-order valence-corrected chi connectivity index (χ2v) is 8.90. The van der Waals surface area contributed by atoms with Gasteiger partial charge in [-0.3, -0.25) is 24.3 Å². The number of aliphatic hydroxyl groups is 2. The lowest BCUT2D eigenvalue weighted by molar-refractivity contribution is -0.141. The van der Waals surface area contributed by atoms with Gasteiger partial charge < -0.3 is 30.9 Å². The molecule has 2 heterocycles. The lowest BCUT2D eigenvalue weighted by Gasteiger charge is -2.31. The summed E-state index contributed by atoms with van der Waals surface area (Å²) in [4.78, 5) is 48.8. The first-order valence-electron chi connectivity index (χ1n) is 12.7. The molecule has 0 unspecified atom stereocenters. The third-order valence-corrected chi connectivity index (χ3v) is 5.88. The van der Waals surface area contributed by atoms with E-state index in [4.69, 9.17) is 10.5 Å². The molecule has 0 aliphatic heterocycles. The fourth-order valence-electron chi connectivity index (χ4n) is 3.83. The number of nitrogens with two attached hydrogens (primary N) is 1. The molecule has 0 radical (unpaired) electrons. The Morgan fingerprint density at radius 1 is 0.900 bits per heavy atom. The van der Waals surface area contributed by atoms with Gasteiger partial charge in [0.15, 0.2) is 0 Å². The number of amides is 3. The summed E-state index contributed by atoms with van der Waals surface area (Å²) in [5.41, 5.74) is 7.58. The van der Waals surface area contributed by atoms with Gasteiger partial charge in [-0.2, -0.15) is 0 Å². The monoisotopic (exact) mass is 550 g/mol. The van der Waals surface area contributed by atoms with E-state index in [0.717, 1.165) is 10.5 Å². The minimum atomic E-state index is -1.000. The van der Waals surface area contributed by atoms with Crippen LogP contribution in [-0.4, -0.2) is 99.7 Å². The molecule has 0 atom stereocenters. The maximum absolute atomic E-state index is 13.2. The van der Waals surface area contributed by atoms with Crippen LogP contribution < -0.4 is 15.8 Å². The fourth-order valence-corrected chi connectivity index (χ4v) is 3.83. The van der Waals surface area contributed by atoms with Gasteiger partial charge in [-0.25, -0.2) is 4.98 Å². The Hall–Kier alpha value is -4.39. The number of carbonyl (C=O) groups is 3. The highest BCUT2D eigenvalue weighted by Crippen LogP contribution is 2.17. The highest BCUT2D eigenvalue weighted by molar-refractivity contribution is 5.86. The maximum Gasteiger partial charge on any atom is 0.239 e. The van der Waals surface area contributed by atoms with E-state index in [2.05, 4.69) is 15.3 Å². The van der Waals surface area contributed by atoms with Crippen molar-refractivity contribution in [3.05, 3.63) is 78.5 Å². The van der Waals surface area contributed by atoms with Crippen LogP contribution in [0, 0.1) is 0 Å². The number of hydrogen-bond acceptors (Lipinski definition) is 9. The Bertz CT molecular complexity index is 1230. The van der Waals surface area contributed by atoms with Crippen molar-refractivity contribution >= 4 is 17.7 Å². The molecule has 12 nitrogen and oxygen atoms in total. The molecule has 3 aromatic rings. The van der Waals surface area contributed by atoms with Crippen molar-refractivity contribution in [3.8, 4) is 17.3 Å². The second-order valence-electron chi connectivity index (χ2n) is 8.90. The summed E-state index contributed by atoms with van der Waals surface area (Å²) >= 11 is 0. The molecular weight excluding hydrogens is 516 g/mol. The Morgan fingerprint density at radius 2 is 1.62 bits per heavy atom. The molecule has 3 amide bonds. The molecule has 0 aliphatic carbocycles. The summed E-state index contributed by atoms with van der Waals surface area (Å²) in [5, 5.41) is 22.2. The van der Waals surface area contributed by atoms with E-state index in [1.165, 1.54) is 4.90 Å². The van der Waals surface area contributed by atoms with Crippen LogP contribution in [0.4, 0.5) is 0 Å². The average molecular weight is 551 g/mol. The lowest BCUT2D eigenvalue weighted by atomic mass is 10.2. The number of ether oxygens (including phenoxy) is 1. The van der Waals surface area contributed by atoms with E-state index in [9.17, 15) is 24.6 Å². The van der Waals surface area contributed by atoms with E-state index in [-0.39, 0.29) is 39.3 Å². The fraction of sp³-hybridized carbons (Fsp3) is 0.321. The molecule has 3 rings (SSSR count). The SMILES string of the molecule is NC(=O)CN(CCOc1cccc(-c2ccccn2)n1)CC(=O)N(CC(=O)NCc1ccccc1)C(CO)CO. The molecule has 5 N–H and O–H groups in total. The number of benzene rings is 1. The van der Waals surface area contributed by atoms with Gasteiger partial charge in [-0.05, 0) is 23.8 Å². The number of primary amides is 1. The molecule has 2 aromatic heterocycles. The molecule has 212 valence electrons. The number of nitrogens with one attached hydrogen (secondary N) is 1. The molecule has 12 heteroatoms. The summed E-state index contributed by atoms with van der Waals surface area (Å²) in [5.74, 6) is -1.35. The quantitative estimate of drug-likeness (QED) is 0.189. The molecule has 0 spiro atoms. The van der Waals surface area contributed by atoms with Gasteiger partial charge in [0.05, 0.1) is 43.7 Å². The van der Waals surface area contributed by atoms with Crippen molar-refractivity contribution in [2.24, 2.45) is 5.73 Å². The van der Waals surface area contributed by atoms with E-state index in [1.54, 1.807) is 30.5 Å². The standard InChI is InChI=1S/C28H34N6O6/c29-25(37)16-33(13-14-40-27-11-6-10-24(32-27)23-9-4-5-12-30-23)18-28(39)34(22(19-35)20-36)17-26(38)31-15-21-7-2-1-3-8-21/h1-12,22,35-36H,13-20H2,(H2,29,37)(H,31,38). The Kier molecular flexibility index (Phi) is 12.0. The first-order chi connectivity index (χ1) is 19.4. The van der Waals surface area contributed by atoms with E-state index in [0.29, 0.717) is 17.3 Å². The first-order valence-corrected chi connectivity index (χ1v) is 12.7. The zero-order valence-electron chi connectivity index (χ0n) is 22.1. The van der Waals surface area contributed by atoms with Crippen LogP contribution in [0.25, 0.3) is 11.4 Å². The molecule has 40 heavy (non-hydrogen) atoms. The van der Waals surface area contributed by atoms with Crippen LogP contribution in [-0.2, 0) is 20.9 Å². The molecule has 0 bridgehead atoms. The Labute approximate surface area is 232 Å². The van der Waals surface area contributed by atoms with Crippen molar-refractivity contribution in [1.29, 1.82) is 0 Å². The summed E-state index contributed by atoms with van der Waals surface area (Å²) in [6.45, 7) is -1.55. The molecular formula is C28H34N6O6. The molecule has 1 aromatic carbocycles. The van der Waals surface area contributed by atoms with Crippen molar-refractivity contribution < 1.29 is 29.3 Å². The van der Waals surface area contributed by atoms with Crippen molar-refractivity contribution in [3.63, 3.8) is 0 Å². The summed E-state index contributed by atoms with van der Waals surface area (Å²) in [6, 6.07) is 19.0. The Balaban J connectivity index is 1.60. The van der Waals surface area contributed by atoms with Crippen LogP contribution in [0.2, 0.25) is 0 Å². The Morgan fingerprint density at radius 3 is 2.30 bits per heavy atom. The lowest BCUT2D eigenvalue weighted by Crippen LogP contribution is -2.53. The number of aliphatic hydroxyl groups excluding tert-OH is 2. The molecule has 0 fully saturated rings. The van der Waals surface area contributed by atoms with Crippen molar-refractivity contribution in [2.45, 2.75) is 12.6 Å². The number of hydrogen-bond donors (Lipinski definition) is 4. The number of carbonyl (C=O) groups excluding carboxylic acids is 3. The van der Waals surface area contributed by atoms with Crippen molar-refractivity contribution in [1.82, 2.24) is 25.1 Å².